The lowest BCUT2D eigenvalue weighted by atomic mass is 10.6. The lowest BCUT2D eigenvalue weighted by Gasteiger charge is -2.00. The molecule has 3 heteroatoms. The lowest BCUT2D eigenvalue weighted by Crippen LogP contribution is -1.99. The Balaban J connectivity index is 2.55. The Hall–Kier alpha value is -0.830. The number of hydrogen-bond donors (Lipinski definition) is 0. The Labute approximate surface area is 64.8 Å². The molecule has 2 nitrogen and oxygen atoms in total. The Morgan fingerprint density at radius 1 is 1.60 bits per heavy atom. The van der Waals surface area contributed by atoms with E-state index in [-0.39, 0.29) is 0 Å². The third-order valence-corrected chi connectivity index (χ3v) is 1.71. The Morgan fingerprint density at radius 3 is 2.90 bits per heavy atom. The van der Waals surface area contributed by atoms with E-state index in [1.165, 1.54) is 0 Å². The molecule has 0 saturated carbocycles. The zero-order valence-corrected chi connectivity index (χ0v) is 6.93. The molecule has 54 valence electrons. The molecule has 0 spiro atoms. The highest BCUT2D eigenvalue weighted by Gasteiger charge is 1.85. The first-order valence-corrected chi connectivity index (χ1v) is 3.91. The molecule has 0 fully saturated rings. The van der Waals surface area contributed by atoms with E-state index in [1.54, 1.807) is 17.5 Å². The van der Waals surface area contributed by atoms with E-state index in [2.05, 4.69) is 4.98 Å². The predicted molar refractivity (Wildman–Crippen MR) is 44.8 cm³/mol. The molecular weight excluding hydrogens is 144 g/mol. The van der Waals surface area contributed by atoms with Gasteiger partial charge in [-0.3, -0.25) is 0 Å². The van der Waals surface area contributed by atoms with E-state index < -0.39 is 0 Å². The van der Waals surface area contributed by atoms with Crippen molar-refractivity contribution in [3.05, 3.63) is 22.8 Å². The van der Waals surface area contributed by atoms with Gasteiger partial charge in [0.15, 0.2) is 0 Å². The minimum Gasteiger partial charge on any atom is -0.383 e. The summed E-state index contributed by atoms with van der Waals surface area (Å²) in [6.07, 6.45) is 5.78. The molecule has 1 rings (SSSR count). The number of hydrogen-bond acceptors (Lipinski definition) is 3. The number of nitrogens with zero attached hydrogens (tertiary/aromatic N) is 2. The van der Waals surface area contributed by atoms with Crippen LogP contribution in [0.15, 0.2) is 17.8 Å². The molecule has 1 aromatic rings. The van der Waals surface area contributed by atoms with Crippen molar-refractivity contribution in [2.75, 3.05) is 14.1 Å². The fraction of sp³-hybridized carbons (Fsp3) is 0.286. The monoisotopic (exact) mass is 154 g/mol. The standard InChI is InChI=1S/C7H10N2S/c1-9(2)5-3-7-8-4-6-10-7/h3-6H,1-2H3. The van der Waals surface area contributed by atoms with Crippen LogP contribution in [0.5, 0.6) is 0 Å². The van der Waals surface area contributed by atoms with Gasteiger partial charge in [0, 0.05) is 31.9 Å². The summed E-state index contributed by atoms with van der Waals surface area (Å²) in [4.78, 5) is 6.08. The topological polar surface area (TPSA) is 16.1 Å². The summed E-state index contributed by atoms with van der Waals surface area (Å²) >= 11 is 1.64. The third-order valence-electron chi connectivity index (χ3n) is 0.967. The molecule has 0 aliphatic rings. The maximum Gasteiger partial charge on any atom is 0.117 e. The maximum atomic E-state index is 4.09. The molecule has 0 aliphatic heterocycles. The number of aromatic nitrogens is 1. The van der Waals surface area contributed by atoms with Crippen LogP contribution >= 0.6 is 11.3 Å². The van der Waals surface area contributed by atoms with Gasteiger partial charge >= 0.3 is 0 Å². The van der Waals surface area contributed by atoms with Crippen molar-refractivity contribution in [1.29, 1.82) is 0 Å². The quantitative estimate of drug-likeness (QED) is 0.644. The van der Waals surface area contributed by atoms with Gasteiger partial charge in [-0.2, -0.15) is 0 Å². The predicted octanol–water partition coefficient (Wildman–Crippen LogP) is 1.68. The zero-order chi connectivity index (χ0) is 7.40. The minimum absolute atomic E-state index is 1.05. The van der Waals surface area contributed by atoms with Gasteiger partial charge in [0.25, 0.3) is 0 Å². The molecular formula is C7H10N2S. The van der Waals surface area contributed by atoms with Crippen LogP contribution in [0.4, 0.5) is 0 Å². The van der Waals surface area contributed by atoms with Crippen LogP contribution < -0.4 is 0 Å². The van der Waals surface area contributed by atoms with Crippen molar-refractivity contribution in [3.8, 4) is 0 Å². The lowest BCUT2D eigenvalue weighted by molar-refractivity contribution is 0.567. The van der Waals surface area contributed by atoms with Crippen molar-refractivity contribution in [2.24, 2.45) is 0 Å². The first kappa shape index (κ1) is 7.28. The van der Waals surface area contributed by atoms with Gasteiger partial charge in [-0.25, -0.2) is 4.98 Å². The van der Waals surface area contributed by atoms with Crippen molar-refractivity contribution < 1.29 is 0 Å². The third kappa shape index (κ3) is 2.19. The molecule has 0 aliphatic carbocycles. The first-order chi connectivity index (χ1) is 4.79. The van der Waals surface area contributed by atoms with Crippen molar-refractivity contribution >= 4 is 17.4 Å². The summed E-state index contributed by atoms with van der Waals surface area (Å²) in [6.45, 7) is 0. The normalized spacial score (nSPS) is 10.6. The van der Waals surface area contributed by atoms with Crippen molar-refractivity contribution in [2.45, 2.75) is 0 Å². The van der Waals surface area contributed by atoms with Crippen LogP contribution in [-0.2, 0) is 0 Å². The smallest absolute Gasteiger partial charge is 0.117 e. The summed E-state index contributed by atoms with van der Waals surface area (Å²) in [5, 5.41) is 3.02. The minimum atomic E-state index is 1.05. The van der Waals surface area contributed by atoms with E-state index in [0.717, 1.165) is 5.01 Å². The second-order valence-electron chi connectivity index (χ2n) is 2.15. The molecule has 0 unspecified atom stereocenters. The van der Waals surface area contributed by atoms with Crippen LogP contribution in [0.2, 0.25) is 0 Å². The molecule has 0 bridgehead atoms. The Kier molecular flexibility index (Phi) is 2.45. The summed E-state index contributed by atoms with van der Waals surface area (Å²) in [6, 6.07) is 0. The van der Waals surface area contributed by atoms with Gasteiger partial charge < -0.3 is 4.90 Å². The SMILES string of the molecule is CN(C)C=Cc1nccs1. The molecule has 1 heterocycles. The van der Waals surface area contributed by atoms with Crippen LogP contribution in [0.3, 0.4) is 0 Å². The van der Waals surface area contributed by atoms with Crippen LogP contribution in [0, 0.1) is 0 Å². The van der Waals surface area contributed by atoms with E-state index in [4.69, 9.17) is 0 Å². The molecule has 0 aromatic carbocycles. The molecule has 0 N–H and O–H groups in total. The van der Waals surface area contributed by atoms with Crippen molar-refractivity contribution in [3.63, 3.8) is 0 Å². The molecule has 0 radical (unpaired) electrons. The number of rotatable bonds is 2. The fourth-order valence-electron chi connectivity index (χ4n) is 0.530. The average Bonchev–Trinajstić information content (AvgIpc) is 2.34. The molecule has 0 atom stereocenters. The summed E-state index contributed by atoms with van der Waals surface area (Å²) < 4.78 is 0. The highest BCUT2D eigenvalue weighted by molar-refractivity contribution is 7.10. The van der Waals surface area contributed by atoms with Gasteiger partial charge in [0.05, 0.1) is 0 Å². The van der Waals surface area contributed by atoms with E-state index in [0.29, 0.717) is 0 Å². The van der Waals surface area contributed by atoms with E-state index in [9.17, 15) is 0 Å². The van der Waals surface area contributed by atoms with Crippen LogP contribution in [0.25, 0.3) is 6.08 Å². The highest BCUT2D eigenvalue weighted by Crippen LogP contribution is 2.05. The second-order valence-corrected chi connectivity index (χ2v) is 3.08. The largest absolute Gasteiger partial charge is 0.383 e. The van der Waals surface area contributed by atoms with Gasteiger partial charge in [-0.15, -0.1) is 11.3 Å². The summed E-state index contributed by atoms with van der Waals surface area (Å²) in [5.74, 6) is 0. The van der Waals surface area contributed by atoms with E-state index in [1.807, 2.05) is 36.7 Å². The van der Waals surface area contributed by atoms with Crippen LogP contribution in [-0.4, -0.2) is 24.0 Å². The number of thiazole rings is 1. The highest BCUT2D eigenvalue weighted by atomic mass is 32.1. The molecule has 10 heavy (non-hydrogen) atoms. The Morgan fingerprint density at radius 2 is 2.40 bits per heavy atom. The van der Waals surface area contributed by atoms with E-state index >= 15 is 0 Å². The zero-order valence-electron chi connectivity index (χ0n) is 6.11. The maximum absolute atomic E-state index is 4.09. The molecule has 0 amide bonds. The first-order valence-electron chi connectivity index (χ1n) is 3.03. The van der Waals surface area contributed by atoms with Crippen LogP contribution in [0.1, 0.15) is 5.01 Å². The summed E-state index contributed by atoms with van der Waals surface area (Å²) in [7, 11) is 3.98. The second kappa shape index (κ2) is 3.37. The van der Waals surface area contributed by atoms with Gasteiger partial charge in [-0.1, -0.05) is 0 Å². The summed E-state index contributed by atoms with van der Waals surface area (Å²) in [5.41, 5.74) is 0. The van der Waals surface area contributed by atoms with Gasteiger partial charge in [-0.05, 0) is 6.08 Å². The Bertz CT molecular complexity index is 201. The van der Waals surface area contributed by atoms with Crippen molar-refractivity contribution in [1.82, 2.24) is 9.88 Å². The van der Waals surface area contributed by atoms with Gasteiger partial charge in [0.1, 0.15) is 5.01 Å². The molecule has 0 saturated heterocycles. The fourth-order valence-corrected chi connectivity index (χ4v) is 1.05. The molecule has 1 aromatic heterocycles. The van der Waals surface area contributed by atoms with Gasteiger partial charge in [0.2, 0.25) is 0 Å². The average molecular weight is 154 g/mol.